The predicted molar refractivity (Wildman–Crippen MR) is 161 cm³/mol. The summed E-state index contributed by atoms with van der Waals surface area (Å²) in [5.74, 6) is 0.459. The van der Waals surface area contributed by atoms with Gasteiger partial charge in [0.2, 0.25) is 5.91 Å². The number of hydrogen-bond acceptors (Lipinski definition) is 7. The molecule has 2 heterocycles. The second-order valence-corrected chi connectivity index (χ2v) is 9.51. The van der Waals surface area contributed by atoms with Crippen molar-refractivity contribution in [3.8, 4) is 11.3 Å². The van der Waals surface area contributed by atoms with E-state index in [1.165, 1.54) is 18.2 Å². The van der Waals surface area contributed by atoms with Crippen LogP contribution < -0.4 is 15.5 Å². The smallest absolute Gasteiger partial charge is 0.239 e. The Bertz CT molecular complexity index is 1190. The highest BCUT2D eigenvalue weighted by atomic mass is 35.5. The summed E-state index contributed by atoms with van der Waals surface area (Å²) in [6.45, 7) is 10.4. The molecule has 0 aliphatic heterocycles. The Balaban J connectivity index is 0.00000260. The number of rotatable bonds is 13. The zero-order chi connectivity index (χ0) is 28.8. The highest BCUT2D eigenvalue weighted by molar-refractivity contribution is 6.30. The lowest BCUT2D eigenvalue weighted by atomic mass is 10.1. The largest absolute Gasteiger partial charge is 0.360 e. The van der Waals surface area contributed by atoms with Crippen molar-refractivity contribution in [3.63, 3.8) is 0 Å². The molecule has 1 amide bonds. The second kappa shape index (κ2) is 16.6. The van der Waals surface area contributed by atoms with Crippen LogP contribution in [0.5, 0.6) is 0 Å². The first-order valence-corrected chi connectivity index (χ1v) is 13.9. The number of carbonyl (C=O) groups excluding carboxylic acids is 1. The number of amides is 1. The van der Waals surface area contributed by atoms with Crippen molar-refractivity contribution < 1.29 is 9.18 Å². The van der Waals surface area contributed by atoms with Crippen LogP contribution in [0, 0.1) is 5.82 Å². The molecule has 0 spiro atoms. The van der Waals surface area contributed by atoms with Gasteiger partial charge in [0, 0.05) is 42.6 Å². The Hall–Kier alpha value is -3.30. The molecule has 3 rings (SSSR count). The normalized spacial score (nSPS) is 10.6. The maximum atomic E-state index is 14.5. The summed E-state index contributed by atoms with van der Waals surface area (Å²) >= 11 is 6.07. The monoisotopic (exact) mass is 557 g/mol. The highest BCUT2D eigenvalue weighted by Gasteiger charge is 2.15. The molecule has 0 bridgehead atoms. The number of anilines is 4. The minimum Gasteiger partial charge on any atom is -0.360 e. The molecule has 0 radical (unpaired) electrons. The summed E-state index contributed by atoms with van der Waals surface area (Å²) in [4.78, 5) is 21.0. The fraction of sp³-hybridized carbons (Fsp3) is 0.448. The van der Waals surface area contributed by atoms with Gasteiger partial charge in [0.25, 0.3) is 0 Å². The van der Waals surface area contributed by atoms with E-state index in [0.29, 0.717) is 40.3 Å². The summed E-state index contributed by atoms with van der Waals surface area (Å²) in [6.07, 6.45) is 5.99. The van der Waals surface area contributed by atoms with E-state index in [9.17, 15) is 9.18 Å². The zero-order valence-electron chi connectivity index (χ0n) is 23.9. The summed E-state index contributed by atoms with van der Waals surface area (Å²) in [7, 11) is 3.69. The number of nitrogens with one attached hydrogen (secondary N) is 2. The Morgan fingerprint density at radius 2 is 1.77 bits per heavy atom. The molecule has 3 aromatic rings. The van der Waals surface area contributed by atoms with Crippen molar-refractivity contribution in [1.82, 2.24) is 20.1 Å². The van der Waals surface area contributed by atoms with Gasteiger partial charge in [0.05, 0.1) is 17.9 Å². The minimum absolute atomic E-state index is 0.104. The molecule has 0 unspecified atom stereocenters. The number of benzene rings is 1. The molecule has 2 N–H and O–H groups in total. The number of pyridine rings is 1. The van der Waals surface area contributed by atoms with Crippen LogP contribution in [-0.4, -0.2) is 59.7 Å². The van der Waals surface area contributed by atoms with Gasteiger partial charge in [0.15, 0.2) is 5.82 Å². The van der Waals surface area contributed by atoms with E-state index in [1.54, 1.807) is 29.3 Å². The van der Waals surface area contributed by atoms with Crippen LogP contribution >= 0.6 is 11.6 Å². The van der Waals surface area contributed by atoms with Crippen molar-refractivity contribution >= 4 is 40.5 Å². The maximum absolute atomic E-state index is 14.5. The van der Waals surface area contributed by atoms with Crippen LogP contribution in [0.3, 0.4) is 0 Å². The average molecular weight is 558 g/mol. The first-order chi connectivity index (χ1) is 18.8. The number of hydrogen-bond donors (Lipinski definition) is 2. The van der Waals surface area contributed by atoms with Gasteiger partial charge in [0.1, 0.15) is 11.6 Å². The van der Waals surface area contributed by atoms with Gasteiger partial charge in [-0.3, -0.25) is 9.69 Å². The third kappa shape index (κ3) is 10.1. The summed E-state index contributed by atoms with van der Waals surface area (Å²) < 4.78 is 14.5. The Kier molecular flexibility index (Phi) is 13.6. The van der Waals surface area contributed by atoms with Gasteiger partial charge in [-0.05, 0) is 56.3 Å². The average Bonchev–Trinajstić information content (AvgIpc) is 2.91. The first kappa shape index (κ1) is 31.9. The SMILES string of the molecule is CC.CCCCCN(CCC)CC(=O)Nc1cc(Nc2cc(-c3cc(Cl)ccc3F)nnc2N(C)C)ccn1. The van der Waals surface area contributed by atoms with Crippen molar-refractivity contribution in [1.29, 1.82) is 0 Å². The van der Waals surface area contributed by atoms with E-state index >= 15 is 0 Å². The van der Waals surface area contributed by atoms with E-state index in [0.717, 1.165) is 38.8 Å². The van der Waals surface area contributed by atoms with Crippen LogP contribution in [0.1, 0.15) is 53.4 Å². The number of unbranched alkanes of at least 4 members (excludes halogenated alkanes) is 2. The molecule has 0 saturated heterocycles. The molecule has 212 valence electrons. The van der Waals surface area contributed by atoms with Gasteiger partial charge in [-0.15, -0.1) is 10.2 Å². The first-order valence-electron chi connectivity index (χ1n) is 13.6. The van der Waals surface area contributed by atoms with Gasteiger partial charge < -0.3 is 15.5 Å². The number of aromatic nitrogens is 3. The van der Waals surface area contributed by atoms with E-state index in [1.807, 2.05) is 27.9 Å². The summed E-state index contributed by atoms with van der Waals surface area (Å²) in [5.41, 5.74) is 1.90. The van der Waals surface area contributed by atoms with Crippen molar-refractivity contribution in [2.75, 3.05) is 49.3 Å². The zero-order valence-corrected chi connectivity index (χ0v) is 24.6. The van der Waals surface area contributed by atoms with Crippen molar-refractivity contribution in [2.45, 2.75) is 53.4 Å². The number of nitrogens with zero attached hydrogens (tertiary/aromatic N) is 5. The fourth-order valence-corrected chi connectivity index (χ4v) is 4.09. The van der Waals surface area contributed by atoms with Crippen LogP contribution in [0.2, 0.25) is 5.02 Å². The van der Waals surface area contributed by atoms with E-state index in [4.69, 9.17) is 11.6 Å². The molecule has 39 heavy (non-hydrogen) atoms. The molecule has 0 saturated carbocycles. The number of halogens is 2. The van der Waals surface area contributed by atoms with Gasteiger partial charge in [-0.25, -0.2) is 9.37 Å². The minimum atomic E-state index is -0.442. The Morgan fingerprint density at radius 3 is 2.46 bits per heavy atom. The third-order valence-corrected chi connectivity index (χ3v) is 5.93. The quantitative estimate of drug-likeness (QED) is 0.219. The topological polar surface area (TPSA) is 86.3 Å². The van der Waals surface area contributed by atoms with Gasteiger partial charge in [-0.2, -0.15) is 0 Å². The maximum Gasteiger partial charge on any atom is 0.239 e. The van der Waals surface area contributed by atoms with Crippen molar-refractivity contribution in [2.24, 2.45) is 0 Å². The van der Waals surface area contributed by atoms with Gasteiger partial charge in [-0.1, -0.05) is 52.1 Å². The third-order valence-electron chi connectivity index (χ3n) is 5.69. The summed E-state index contributed by atoms with van der Waals surface area (Å²) in [5, 5.41) is 15.1. The van der Waals surface area contributed by atoms with Crippen LogP contribution in [0.25, 0.3) is 11.3 Å². The molecule has 10 heteroatoms. The van der Waals surface area contributed by atoms with Crippen molar-refractivity contribution in [3.05, 3.63) is 53.4 Å². The lowest BCUT2D eigenvalue weighted by molar-refractivity contribution is -0.117. The second-order valence-electron chi connectivity index (χ2n) is 9.07. The predicted octanol–water partition coefficient (Wildman–Crippen LogP) is 7.01. The van der Waals surface area contributed by atoms with E-state index < -0.39 is 5.82 Å². The lowest BCUT2D eigenvalue weighted by Gasteiger charge is -2.21. The van der Waals surface area contributed by atoms with Crippen LogP contribution in [0.4, 0.5) is 27.4 Å². The van der Waals surface area contributed by atoms with E-state index in [-0.39, 0.29) is 11.5 Å². The molecule has 1 aromatic carbocycles. The lowest BCUT2D eigenvalue weighted by Crippen LogP contribution is -2.34. The molecular formula is C29H41ClFN7O. The van der Waals surface area contributed by atoms with Crippen LogP contribution in [0.15, 0.2) is 42.6 Å². The molecular weight excluding hydrogens is 517 g/mol. The molecule has 0 aliphatic rings. The van der Waals surface area contributed by atoms with Gasteiger partial charge >= 0.3 is 0 Å². The number of carbonyl (C=O) groups is 1. The molecule has 2 aromatic heterocycles. The Labute approximate surface area is 237 Å². The Morgan fingerprint density at radius 1 is 1.00 bits per heavy atom. The van der Waals surface area contributed by atoms with Crippen LogP contribution in [-0.2, 0) is 4.79 Å². The standard InChI is InChI=1S/C27H35ClFN7O.C2H6/c1-5-7-8-14-36(13-6-2)18-26(37)32-25-16-20(11-12-30-25)31-24-17-23(33-34-27(24)35(3)4)21-15-19(28)9-10-22(21)29;1-2/h9-12,15-17H,5-8,13-14,18H2,1-4H3,(H2,30,31,32,33,37);1-2H3. The summed E-state index contributed by atoms with van der Waals surface area (Å²) in [6, 6.07) is 9.55. The molecule has 0 aliphatic carbocycles. The van der Waals surface area contributed by atoms with E-state index in [2.05, 4.69) is 44.6 Å². The molecule has 0 fully saturated rings. The molecule has 0 atom stereocenters. The molecule has 8 nitrogen and oxygen atoms in total. The highest BCUT2D eigenvalue weighted by Crippen LogP contribution is 2.31. The fourth-order valence-electron chi connectivity index (χ4n) is 3.92.